The summed E-state index contributed by atoms with van der Waals surface area (Å²) in [6, 6.07) is 17.4. The largest absolute Gasteiger partial charge is 0.289 e. The van der Waals surface area contributed by atoms with Crippen molar-refractivity contribution in [2.24, 2.45) is 0 Å². The van der Waals surface area contributed by atoms with Gasteiger partial charge >= 0.3 is 0 Å². The van der Waals surface area contributed by atoms with Crippen molar-refractivity contribution in [2.75, 3.05) is 19.6 Å². The van der Waals surface area contributed by atoms with Gasteiger partial charge in [-0.2, -0.15) is 0 Å². The number of hydrogen-bond donors (Lipinski definition) is 0. The van der Waals surface area contributed by atoms with Crippen molar-refractivity contribution in [3.8, 4) is 12.3 Å². The van der Waals surface area contributed by atoms with E-state index in [1.165, 1.54) is 22.3 Å². The van der Waals surface area contributed by atoms with Crippen molar-refractivity contribution in [1.29, 1.82) is 0 Å². The third-order valence-corrected chi connectivity index (χ3v) is 4.13. The van der Waals surface area contributed by atoms with Crippen LogP contribution in [0.5, 0.6) is 0 Å². The smallest absolute Gasteiger partial charge is 0.0601 e. The topological polar surface area (TPSA) is 3.24 Å². The molecule has 1 nitrogen and oxygen atoms in total. The second kappa shape index (κ2) is 9.75. The summed E-state index contributed by atoms with van der Waals surface area (Å²) >= 11 is 0. The molecule has 0 saturated heterocycles. The molecule has 2 aromatic rings. The first-order valence-corrected chi connectivity index (χ1v) is 8.62. The monoisotopic (exact) mass is 317 g/mol. The molecule has 0 saturated carbocycles. The zero-order valence-corrected chi connectivity index (χ0v) is 14.8. The van der Waals surface area contributed by atoms with Gasteiger partial charge in [0.05, 0.1) is 6.54 Å². The first-order valence-electron chi connectivity index (χ1n) is 8.62. The molecule has 0 radical (unpaired) electrons. The van der Waals surface area contributed by atoms with Crippen molar-refractivity contribution in [1.82, 2.24) is 4.90 Å². The van der Waals surface area contributed by atoms with Crippen LogP contribution in [0, 0.1) is 26.2 Å². The molecule has 0 amide bonds. The standard InChI is InChI=1S/C23H27N/c1-4-17-24(18-5-7-22-13-9-20(2)10-14-22)19-6-8-23-15-11-21(3)12-16-23/h1,5,7,9-16H,6,8,17-19H2,2-3H3/b7-5+. The molecule has 24 heavy (non-hydrogen) atoms. The van der Waals surface area contributed by atoms with Gasteiger partial charge in [-0.3, -0.25) is 4.90 Å². The molecule has 124 valence electrons. The second-order valence-corrected chi connectivity index (χ2v) is 6.34. The van der Waals surface area contributed by atoms with Crippen LogP contribution in [0.15, 0.2) is 54.6 Å². The zero-order chi connectivity index (χ0) is 17.2. The van der Waals surface area contributed by atoms with Gasteiger partial charge in [0.15, 0.2) is 0 Å². The van der Waals surface area contributed by atoms with E-state index in [9.17, 15) is 0 Å². The molecule has 0 spiro atoms. The summed E-state index contributed by atoms with van der Waals surface area (Å²) in [5.74, 6) is 2.77. The summed E-state index contributed by atoms with van der Waals surface area (Å²) in [7, 11) is 0. The molecule has 0 bridgehead atoms. The van der Waals surface area contributed by atoms with Gasteiger partial charge in [0.2, 0.25) is 0 Å². The average Bonchev–Trinajstić information content (AvgIpc) is 2.58. The van der Waals surface area contributed by atoms with Gasteiger partial charge in [0, 0.05) is 6.54 Å². The number of rotatable bonds is 8. The van der Waals surface area contributed by atoms with E-state index in [2.05, 4.69) is 85.4 Å². The summed E-state index contributed by atoms with van der Waals surface area (Å²) in [5, 5.41) is 0. The average molecular weight is 317 g/mol. The van der Waals surface area contributed by atoms with E-state index in [0.29, 0.717) is 6.54 Å². The number of hydrogen-bond acceptors (Lipinski definition) is 1. The van der Waals surface area contributed by atoms with Crippen molar-refractivity contribution in [2.45, 2.75) is 26.7 Å². The van der Waals surface area contributed by atoms with E-state index < -0.39 is 0 Å². The molecule has 0 aliphatic heterocycles. The molecule has 2 aromatic carbocycles. The van der Waals surface area contributed by atoms with Gasteiger partial charge in [-0.25, -0.2) is 0 Å². The lowest BCUT2D eigenvalue weighted by molar-refractivity contribution is 0.335. The number of terminal acetylenes is 1. The maximum absolute atomic E-state index is 5.51. The van der Waals surface area contributed by atoms with Crippen LogP contribution in [0.3, 0.4) is 0 Å². The van der Waals surface area contributed by atoms with Crippen molar-refractivity contribution in [3.63, 3.8) is 0 Å². The molecule has 0 aromatic heterocycles. The van der Waals surface area contributed by atoms with E-state index in [0.717, 1.165) is 25.9 Å². The Balaban J connectivity index is 1.79. The van der Waals surface area contributed by atoms with Crippen molar-refractivity contribution < 1.29 is 0 Å². The molecule has 0 atom stereocenters. The summed E-state index contributed by atoms with van der Waals surface area (Å²) in [4.78, 5) is 2.32. The molecule has 0 heterocycles. The van der Waals surface area contributed by atoms with Crippen LogP contribution < -0.4 is 0 Å². The minimum absolute atomic E-state index is 0.701. The van der Waals surface area contributed by atoms with Gasteiger partial charge in [-0.05, 0) is 44.4 Å². The lowest BCUT2D eigenvalue weighted by Gasteiger charge is -2.17. The zero-order valence-electron chi connectivity index (χ0n) is 14.8. The Morgan fingerprint density at radius 1 is 0.958 bits per heavy atom. The fraction of sp³-hybridized carbons (Fsp3) is 0.304. The number of benzene rings is 2. The maximum atomic E-state index is 5.51. The minimum atomic E-state index is 0.701. The Hall–Kier alpha value is -2.30. The quantitative estimate of drug-likeness (QED) is 0.627. The summed E-state index contributed by atoms with van der Waals surface area (Å²) in [6.45, 7) is 6.85. The van der Waals surface area contributed by atoms with Crippen LogP contribution in [0.2, 0.25) is 0 Å². The SMILES string of the molecule is C#CCN(C/C=C/c1ccc(C)cc1)CCCc1ccc(C)cc1. The van der Waals surface area contributed by atoms with Crippen molar-refractivity contribution >= 4 is 6.08 Å². The first-order chi connectivity index (χ1) is 11.7. The van der Waals surface area contributed by atoms with Crippen LogP contribution in [-0.4, -0.2) is 24.5 Å². The summed E-state index contributed by atoms with van der Waals surface area (Å²) < 4.78 is 0. The van der Waals surface area contributed by atoms with Gasteiger partial charge in [-0.15, -0.1) is 6.42 Å². The highest BCUT2D eigenvalue weighted by atomic mass is 15.1. The van der Waals surface area contributed by atoms with Crippen LogP contribution in [0.25, 0.3) is 6.08 Å². The molecule has 0 aliphatic rings. The second-order valence-electron chi connectivity index (χ2n) is 6.34. The van der Waals surface area contributed by atoms with Crippen LogP contribution in [0.4, 0.5) is 0 Å². The number of nitrogens with zero attached hydrogens (tertiary/aromatic N) is 1. The fourth-order valence-electron chi connectivity index (χ4n) is 2.64. The predicted octanol–water partition coefficient (Wildman–Crippen LogP) is 4.88. The Labute approximate surface area is 147 Å². The Morgan fingerprint density at radius 2 is 1.58 bits per heavy atom. The van der Waals surface area contributed by atoms with Gasteiger partial charge in [0.25, 0.3) is 0 Å². The van der Waals surface area contributed by atoms with Crippen LogP contribution >= 0.6 is 0 Å². The summed E-state index contributed by atoms with van der Waals surface area (Å²) in [5.41, 5.74) is 5.24. The van der Waals surface area contributed by atoms with Gasteiger partial charge in [0.1, 0.15) is 0 Å². The molecule has 0 aliphatic carbocycles. The molecular weight excluding hydrogens is 290 g/mol. The van der Waals surface area contributed by atoms with E-state index in [4.69, 9.17) is 6.42 Å². The molecular formula is C23H27N. The van der Waals surface area contributed by atoms with Crippen molar-refractivity contribution in [3.05, 3.63) is 76.9 Å². The Kier molecular flexibility index (Phi) is 7.33. The molecule has 1 heteroatoms. The maximum Gasteiger partial charge on any atom is 0.0601 e. The highest BCUT2D eigenvalue weighted by Crippen LogP contribution is 2.08. The highest BCUT2D eigenvalue weighted by molar-refractivity contribution is 5.49. The lowest BCUT2D eigenvalue weighted by Crippen LogP contribution is -2.25. The molecule has 0 fully saturated rings. The fourth-order valence-corrected chi connectivity index (χ4v) is 2.64. The summed E-state index contributed by atoms with van der Waals surface area (Å²) in [6.07, 6.45) is 12.1. The van der Waals surface area contributed by atoms with Gasteiger partial charge < -0.3 is 0 Å². The highest BCUT2D eigenvalue weighted by Gasteiger charge is 2.01. The first kappa shape index (κ1) is 18.0. The number of aryl methyl sites for hydroxylation is 3. The van der Waals surface area contributed by atoms with Gasteiger partial charge in [-0.1, -0.05) is 77.7 Å². The van der Waals surface area contributed by atoms with Crippen LogP contribution in [-0.2, 0) is 6.42 Å². The Bertz CT molecular complexity index is 671. The van der Waals surface area contributed by atoms with E-state index in [1.54, 1.807) is 0 Å². The van der Waals surface area contributed by atoms with E-state index in [-0.39, 0.29) is 0 Å². The van der Waals surface area contributed by atoms with E-state index >= 15 is 0 Å². The van der Waals surface area contributed by atoms with Crippen LogP contribution in [0.1, 0.15) is 28.7 Å². The molecule has 0 unspecified atom stereocenters. The minimum Gasteiger partial charge on any atom is -0.289 e. The third kappa shape index (κ3) is 6.44. The third-order valence-electron chi connectivity index (χ3n) is 4.13. The molecule has 0 N–H and O–H groups in total. The predicted molar refractivity (Wildman–Crippen MR) is 105 cm³/mol. The van der Waals surface area contributed by atoms with E-state index in [1.807, 2.05) is 0 Å². The normalized spacial score (nSPS) is 11.1. The Morgan fingerprint density at radius 3 is 2.21 bits per heavy atom. The molecule has 2 rings (SSSR count). The lowest BCUT2D eigenvalue weighted by atomic mass is 10.1.